The van der Waals surface area contributed by atoms with Crippen molar-refractivity contribution in [1.82, 2.24) is 4.90 Å². The van der Waals surface area contributed by atoms with Crippen molar-refractivity contribution >= 4 is 5.91 Å². The van der Waals surface area contributed by atoms with Crippen LogP contribution in [-0.2, 0) is 9.53 Å². The first kappa shape index (κ1) is 12.8. The lowest BCUT2D eigenvalue weighted by molar-refractivity contribution is -0.143. The molecule has 4 heteroatoms. The van der Waals surface area contributed by atoms with Gasteiger partial charge in [-0.25, -0.2) is 0 Å². The molecular weight excluding hydrogens is 216 g/mol. The third kappa shape index (κ3) is 2.80. The molecule has 1 saturated carbocycles. The molecule has 0 spiro atoms. The van der Waals surface area contributed by atoms with Crippen LogP contribution in [0.2, 0.25) is 0 Å². The fraction of sp³-hybridized carbons (Fsp3) is 0.923. The molecule has 2 aliphatic rings. The van der Waals surface area contributed by atoms with Gasteiger partial charge in [-0.1, -0.05) is 6.92 Å². The van der Waals surface area contributed by atoms with E-state index in [2.05, 4.69) is 6.92 Å². The lowest BCUT2D eigenvalue weighted by Gasteiger charge is -2.35. The SMILES string of the molecule is CC1CCOC1C(=O)N(C)C1CCC(N)CC1. The van der Waals surface area contributed by atoms with E-state index in [1.807, 2.05) is 11.9 Å². The molecule has 1 aliphatic heterocycles. The molecule has 0 aromatic rings. The molecule has 2 atom stereocenters. The third-order valence-corrected chi connectivity index (χ3v) is 4.27. The zero-order valence-electron chi connectivity index (χ0n) is 10.9. The van der Waals surface area contributed by atoms with Crippen molar-refractivity contribution in [2.45, 2.75) is 57.2 Å². The summed E-state index contributed by atoms with van der Waals surface area (Å²) in [6.07, 6.45) is 4.91. The maximum atomic E-state index is 12.3. The second kappa shape index (κ2) is 5.36. The number of rotatable bonds is 2. The smallest absolute Gasteiger partial charge is 0.251 e. The lowest BCUT2D eigenvalue weighted by atomic mass is 9.90. The van der Waals surface area contributed by atoms with Crippen molar-refractivity contribution in [1.29, 1.82) is 0 Å². The number of ether oxygens (including phenoxy) is 1. The highest BCUT2D eigenvalue weighted by atomic mass is 16.5. The third-order valence-electron chi connectivity index (χ3n) is 4.27. The fourth-order valence-corrected chi connectivity index (χ4v) is 2.88. The molecule has 2 fully saturated rings. The van der Waals surface area contributed by atoms with E-state index in [9.17, 15) is 4.79 Å². The minimum Gasteiger partial charge on any atom is -0.368 e. The van der Waals surface area contributed by atoms with E-state index in [1.54, 1.807) is 0 Å². The monoisotopic (exact) mass is 240 g/mol. The Bertz CT molecular complexity index is 275. The molecule has 4 nitrogen and oxygen atoms in total. The van der Waals surface area contributed by atoms with Gasteiger partial charge in [0.05, 0.1) is 0 Å². The van der Waals surface area contributed by atoms with E-state index in [-0.39, 0.29) is 12.0 Å². The first-order valence-electron chi connectivity index (χ1n) is 6.73. The van der Waals surface area contributed by atoms with E-state index in [0.29, 0.717) is 18.0 Å². The predicted molar refractivity (Wildman–Crippen MR) is 66.5 cm³/mol. The van der Waals surface area contributed by atoms with Crippen LogP contribution in [0.3, 0.4) is 0 Å². The highest BCUT2D eigenvalue weighted by Crippen LogP contribution is 2.26. The molecule has 2 rings (SSSR count). The van der Waals surface area contributed by atoms with E-state index >= 15 is 0 Å². The standard InChI is InChI=1S/C13H24N2O2/c1-9-7-8-17-12(9)13(16)15(2)11-5-3-10(14)4-6-11/h9-12H,3-8,14H2,1-2H3. The maximum Gasteiger partial charge on any atom is 0.251 e. The molecule has 0 aromatic carbocycles. The van der Waals surface area contributed by atoms with Crippen LogP contribution in [0.25, 0.3) is 0 Å². The predicted octanol–water partition coefficient (Wildman–Crippen LogP) is 1.14. The molecule has 1 amide bonds. The molecule has 1 aliphatic carbocycles. The van der Waals surface area contributed by atoms with Crippen LogP contribution in [0.1, 0.15) is 39.0 Å². The summed E-state index contributed by atoms with van der Waals surface area (Å²) >= 11 is 0. The zero-order valence-corrected chi connectivity index (χ0v) is 10.9. The number of likely N-dealkylation sites (N-methyl/N-ethyl adjacent to an activating group) is 1. The van der Waals surface area contributed by atoms with Crippen LogP contribution in [0.15, 0.2) is 0 Å². The second-order valence-corrected chi connectivity index (χ2v) is 5.58. The molecule has 17 heavy (non-hydrogen) atoms. The van der Waals surface area contributed by atoms with Crippen LogP contribution >= 0.6 is 0 Å². The van der Waals surface area contributed by atoms with Crippen molar-refractivity contribution in [2.24, 2.45) is 11.7 Å². The zero-order chi connectivity index (χ0) is 12.4. The Labute approximate surface area is 103 Å². The van der Waals surface area contributed by atoms with E-state index in [1.165, 1.54) is 0 Å². The van der Waals surface area contributed by atoms with Crippen molar-refractivity contribution in [3.63, 3.8) is 0 Å². The van der Waals surface area contributed by atoms with Crippen LogP contribution in [-0.4, -0.2) is 42.6 Å². The van der Waals surface area contributed by atoms with E-state index in [4.69, 9.17) is 10.5 Å². The number of hydrogen-bond acceptors (Lipinski definition) is 3. The van der Waals surface area contributed by atoms with Gasteiger partial charge in [-0.05, 0) is 38.0 Å². The summed E-state index contributed by atoms with van der Waals surface area (Å²) in [7, 11) is 1.91. The minimum atomic E-state index is -0.212. The van der Waals surface area contributed by atoms with Gasteiger partial charge in [-0.2, -0.15) is 0 Å². The molecule has 0 aromatic heterocycles. The second-order valence-electron chi connectivity index (χ2n) is 5.58. The molecule has 1 heterocycles. The van der Waals surface area contributed by atoms with Crippen molar-refractivity contribution in [3.8, 4) is 0 Å². The van der Waals surface area contributed by atoms with Gasteiger partial charge in [-0.15, -0.1) is 0 Å². The Morgan fingerprint density at radius 2 is 1.88 bits per heavy atom. The molecule has 0 bridgehead atoms. The Hall–Kier alpha value is -0.610. The summed E-state index contributed by atoms with van der Waals surface area (Å²) in [5.74, 6) is 0.520. The molecule has 98 valence electrons. The Morgan fingerprint density at radius 1 is 1.24 bits per heavy atom. The maximum absolute atomic E-state index is 12.3. The van der Waals surface area contributed by atoms with Gasteiger partial charge < -0.3 is 15.4 Å². The largest absolute Gasteiger partial charge is 0.368 e. The topological polar surface area (TPSA) is 55.6 Å². The number of nitrogens with zero attached hydrogens (tertiary/aromatic N) is 1. The summed E-state index contributed by atoms with van der Waals surface area (Å²) < 4.78 is 5.54. The summed E-state index contributed by atoms with van der Waals surface area (Å²) in [6, 6.07) is 0.690. The first-order valence-corrected chi connectivity index (χ1v) is 6.73. The fourth-order valence-electron chi connectivity index (χ4n) is 2.88. The highest BCUT2D eigenvalue weighted by Gasteiger charge is 2.35. The number of carbonyl (C=O) groups is 1. The average Bonchev–Trinajstić information content (AvgIpc) is 2.74. The normalized spacial score (nSPS) is 38.1. The van der Waals surface area contributed by atoms with Crippen molar-refractivity contribution in [3.05, 3.63) is 0 Å². The summed E-state index contributed by atoms with van der Waals surface area (Å²) in [5, 5.41) is 0. The van der Waals surface area contributed by atoms with Crippen LogP contribution < -0.4 is 5.73 Å². The quantitative estimate of drug-likeness (QED) is 0.787. The molecule has 2 unspecified atom stereocenters. The number of hydrogen-bond donors (Lipinski definition) is 1. The van der Waals surface area contributed by atoms with E-state index in [0.717, 1.165) is 38.7 Å². The van der Waals surface area contributed by atoms with Gasteiger partial charge in [-0.3, -0.25) is 4.79 Å². The molecule has 0 radical (unpaired) electrons. The molecule has 2 N–H and O–H groups in total. The van der Waals surface area contributed by atoms with Crippen LogP contribution in [0, 0.1) is 5.92 Å². The number of carbonyl (C=O) groups excluding carboxylic acids is 1. The van der Waals surface area contributed by atoms with Gasteiger partial charge >= 0.3 is 0 Å². The van der Waals surface area contributed by atoms with Gasteiger partial charge in [0.2, 0.25) is 0 Å². The summed E-state index contributed by atoms with van der Waals surface area (Å²) in [6.45, 7) is 2.82. The van der Waals surface area contributed by atoms with E-state index < -0.39 is 0 Å². The lowest BCUT2D eigenvalue weighted by Crippen LogP contribution is -2.46. The van der Waals surface area contributed by atoms with Crippen LogP contribution in [0.5, 0.6) is 0 Å². The summed E-state index contributed by atoms with van der Waals surface area (Å²) in [5.41, 5.74) is 5.89. The van der Waals surface area contributed by atoms with Crippen molar-refractivity contribution in [2.75, 3.05) is 13.7 Å². The molecule has 1 saturated heterocycles. The number of amides is 1. The minimum absolute atomic E-state index is 0.162. The van der Waals surface area contributed by atoms with Crippen molar-refractivity contribution < 1.29 is 9.53 Å². The highest BCUT2D eigenvalue weighted by molar-refractivity contribution is 5.81. The van der Waals surface area contributed by atoms with Gasteiger partial charge in [0.25, 0.3) is 5.91 Å². The molecular formula is C13H24N2O2. The number of nitrogens with two attached hydrogens (primary N) is 1. The first-order chi connectivity index (χ1) is 8.09. The van der Waals surface area contributed by atoms with Gasteiger partial charge in [0, 0.05) is 25.7 Å². The summed E-state index contributed by atoms with van der Waals surface area (Å²) in [4.78, 5) is 14.2. The van der Waals surface area contributed by atoms with Gasteiger partial charge in [0.15, 0.2) is 0 Å². The average molecular weight is 240 g/mol. The Kier molecular flexibility index (Phi) is 4.05. The Morgan fingerprint density at radius 3 is 2.41 bits per heavy atom. The van der Waals surface area contributed by atoms with Gasteiger partial charge in [0.1, 0.15) is 6.10 Å². The Balaban J connectivity index is 1.90. The van der Waals surface area contributed by atoms with Crippen LogP contribution in [0.4, 0.5) is 0 Å².